The van der Waals surface area contributed by atoms with Gasteiger partial charge in [-0.25, -0.2) is 0 Å². The molecule has 0 radical (unpaired) electrons. The third-order valence-corrected chi connectivity index (χ3v) is 7.43. The third kappa shape index (κ3) is 5.23. The Labute approximate surface area is 233 Å². The molecule has 0 spiro atoms. The van der Waals surface area contributed by atoms with Gasteiger partial charge in [-0.2, -0.15) is 0 Å². The molecule has 2 heterocycles. The fraction of sp³-hybridized carbons (Fsp3) is 0.103. The van der Waals surface area contributed by atoms with E-state index in [-0.39, 0.29) is 11.8 Å². The summed E-state index contributed by atoms with van der Waals surface area (Å²) in [6.45, 7) is 4.30. The summed E-state index contributed by atoms with van der Waals surface area (Å²) in [4.78, 5) is 31.6. The Morgan fingerprint density at radius 2 is 1.84 bits per heavy atom. The van der Waals surface area contributed by atoms with Crippen molar-refractivity contribution in [3.8, 4) is 0 Å². The van der Waals surface area contributed by atoms with Crippen LogP contribution in [0.4, 0.5) is 11.4 Å². The molecule has 0 atom stereocenters. The summed E-state index contributed by atoms with van der Waals surface area (Å²) in [6, 6.07) is 20.1. The lowest BCUT2D eigenvalue weighted by Crippen LogP contribution is -2.25. The zero-order valence-electron chi connectivity index (χ0n) is 20.0. The third-order valence-electron chi connectivity index (χ3n) is 6.20. The van der Waals surface area contributed by atoms with Gasteiger partial charge in [0.2, 0.25) is 0 Å². The Bertz CT molecular complexity index is 1590. The number of hydrogen-bond acceptors (Lipinski definition) is 2. The van der Waals surface area contributed by atoms with Crippen LogP contribution in [0, 0.1) is 13.8 Å². The molecule has 186 valence electrons. The number of carbonyl (C=O) groups is 2. The van der Waals surface area contributed by atoms with Crippen LogP contribution in [0.5, 0.6) is 0 Å². The molecular formula is C29H22BrCl2N3O2. The maximum Gasteiger partial charge on any atom is 0.259 e. The monoisotopic (exact) mass is 593 g/mol. The molecule has 5 nitrogen and oxygen atoms in total. The van der Waals surface area contributed by atoms with Crippen LogP contribution in [0.15, 0.2) is 71.2 Å². The van der Waals surface area contributed by atoms with Crippen LogP contribution in [-0.2, 0) is 11.3 Å². The van der Waals surface area contributed by atoms with Gasteiger partial charge in [-0.15, -0.1) is 0 Å². The molecule has 1 aromatic heterocycles. The minimum atomic E-state index is -0.236. The van der Waals surface area contributed by atoms with Gasteiger partial charge in [0.25, 0.3) is 11.8 Å². The highest BCUT2D eigenvalue weighted by Crippen LogP contribution is 2.41. The van der Waals surface area contributed by atoms with Crippen molar-refractivity contribution in [1.82, 2.24) is 4.98 Å². The fourth-order valence-corrected chi connectivity index (χ4v) is 5.15. The van der Waals surface area contributed by atoms with Gasteiger partial charge >= 0.3 is 0 Å². The summed E-state index contributed by atoms with van der Waals surface area (Å²) in [5.74, 6) is -0.372. The highest BCUT2D eigenvalue weighted by molar-refractivity contribution is 9.10. The van der Waals surface area contributed by atoms with Crippen molar-refractivity contribution in [2.24, 2.45) is 0 Å². The molecule has 8 heteroatoms. The highest BCUT2D eigenvalue weighted by Gasteiger charge is 2.33. The molecule has 2 N–H and O–H groups in total. The molecule has 5 rings (SSSR count). The maximum atomic E-state index is 13.7. The Hall–Kier alpha value is -3.32. The number of rotatable bonds is 5. The van der Waals surface area contributed by atoms with E-state index < -0.39 is 0 Å². The molecule has 37 heavy (non-hydrogen) atoms. The first-order chi connectivity index (χ1) is 17.7. The van der Waals surface area contributed by atoms with Gasteiger partial charge in [-0.05, 0) is 85.6 Å². The number of halogens is 3. The van der Waals surface area contributed by atoms with Crippen LogP contribution in [-0.4, -0.2) is 16.8 Å². The Kier molecular flexibility index (Phi) is 6.99. The summed E-state index contributed by atoms with van der Waals surface area (Å²) in [6.07, 6.45) is 1.87. The smallest absolute Gasteiger partial charge is 0.259 e. The number of nitrogens with zero attached hydrogens (tertiary/aromatic N) is 1. The lowest BCUT2D eigenvalue weighted by atomic mass is 10.0. The largest absolute Gasteiger partial charge is 0.359 e. The van der Waals surface area contributed by atoms with E-state index in [0.717, 1.165) is 38.2 Å². The van der Waals surface area contributed by atoms with Crippen molar-refractivity contribution in [2.45, 2.75) is 20.4 Å². The first kappa shape index (κ1) is 25.3. The summed E-state index contributed by atoms with van der Waals surface area (Å²) in [7, 11) is 0. The molecule has 4 aromatic rings. The zero-order valence-corrected chi connectivity index (χ0v) is 23.1. The van der Waals surface area contributed by atoms with Crippen molar-refractivity contribution < 1.29 is 9.59 Å². The van der Waals surface area contributed by atoms with Crippen LogP contribution >= 0.6 is 39.1 Å². The lowest BCUT2D eigenvalue weighted by Gasteiger charge is -2.18. The SMILES string of the molecule is Cc1cc(C)c(/C=C2\C(=O)N(Cc3ccc(Cl)c(Cl)c3)c3ccc(NC(=O)c4cccc(Br)c4)cc32)[nH]1. The van der Waals surface area contributed by atoms with E-state index in [9.17, 15) is 9.59 Å². The molecule has 1 aliphatic heterocycles. The van der Waals surface area contributed by atoms with Crippen LogP contribution < -0.4 is 10.2 Å². The second kappa shape index (κ2) is 10.2. The fourth-order valence-electron chi connectivity index (χ4n) is 4.43. The minimum absolute atomic E-state index is 0.136. The quantitative estimate of drug-likeness (QED) is 0.230. The van der Waals surface area contributed by atoms with E-state index in [1.807, 2.05) is 56.3 Å². The zero-order chi connectivity index (χ0) is 26.3. The summed E-state index contributed by atoms with van der Waals surface area (Å²) < 4.78 is 0.819. The van der Waals surface area contributed by atoms with E-state index in [1.165, 1.54) is 0 Å². The van der Waals surface area contributed by atoms with E-state index in [0.29, 0.717) is 33.4 Å². The summed E-state index contributed by atoms with van der Waals surface area (Å²) in [5.41, 5.74) is 6.93. The number of aromatic nitrogens is 1. The molecule has 2 amide bonds. The van der Waals surface area contributed by atoms with Crippen LogP contribution in [0.25, 0.3) is 11.6 Å². The molecule has 1 aliphatic rings. The number of carbonyl (C=O) groups excluding carboxylic acids is 2. The standard InChI is InChI=1S/C29H22BrCl2N3O2/c1-16-10-17(2)33-26(16)14-23-22-13-21(34-28(36)19-4-3-5-20(30)12-19)7-9-27(22)35(29(23)37)15-18-6-8-24(31)25(32)11-18/h3-14,33H,15H2,1-2H3,(H,34,36)/b23-14-. The highest BCUT2D eigenvalue weighted by atomic mass is 79.9. The van der Waals surface area contributed by atoms with Gasteiger partial charge in [-0.1, -0.05) is 51.3 Å². The van der Waals surface area contributed by atoms with Crippen molar-refractivity contribution in [1.29, 1.82) is 0 Å². The lowest BCUT2D eigenvalue weighted by molar-refractivity contribution is -0.113. The summed E-state index contributed by atoms with van der Waals surface area (Å²) >= 11 is 15.7. The first-order valence-electron chi connectivity index (χ1n) is 11.5. The molecule has 0 unspecified atom stereocenters. The van der Waals surface area contributed by atoms with Gasteiger partial charge in [0, 0.05) is 32.7 Å². The Morgan fingerprint density at radius 3 is 2.54 bits per heavy atom. The Morgan fingerprint density at radius 1 is 1.03 bits per heavy atom. The predicted octanol–water partition coefficient (Wildman–Crippen LogP) is 8.04. The van der Waals surface area contributed by atoms with Crippen LogP contribution in [0.1, 0.15) is 38.4 Å². The number of benzene rings is 3. The number of aromatic amines is 1. The number of nitrogens with one attached hydrogen (secondary N) is 2. The van der Waals surface area contributed by atoms with Crippen molar-refractivity contribution in [2.75, 3.05) is 10.2 Å². The van der Waals surface area contributed by atoms with Gasteiger partial charge in [0.1, 0.15) is 0 Å². The second-order valence-corrected chi connectivity index (χ2v) is 10.7. The number of aryl methyl sites for hydroxylation is 2. The van der Waals surface area contributed by atoms with Gasteiger partial charge in [0.15, 0.2) is 0 Å². The number of hydrogen-bond donors (Lipinski definition) is 2. The molecule has 0 fully saturated rings. The van der Waals surface area contributed by atoms with E-state index in [2.05, 4.69) is 26.2 Å². The Balaban J connectivity index is 1.54. The van der Waals surface area contributed by atoms with E-state index in [4.69, 9.17) is 23.2 Å². The molecule has 0 bridgehead atoms. The van der Waals surface area contributed by atoms with Gasteiger partial charge in [0.05, 0.1) is 27.9 Å². The maximum absolute atomic E-state index is 13.7. The van der Waals surface area contributed by atoms with E-state index in [1.54, 1.807) is 35.2 Å². The average molecular weight is 595 g/mol. The number of H-pyrrole nitrogens is 1. The molecule has 3 aromatic carbocycles. The van der Waals surface area contributed by atoms with Crippen molar-refractivity contribution in [3.63, 3.8) is 0 Å². The number of fused-ring (bicyclic) bond motifs is 1. The number of amides is 2. The predicted molar refractivity (Wildman–Crippen MR) is 154 cm³/mol. The van der Waals surface area contributed by atoms with Gasteiger partial charge in [-0.3, -0.25) is 9.59 Å². The number of anilines is 2. The molecule has 0 saturated heterocycles. The second-order valence-electron chi connectivity index (χ2n) is 8.94. The average Bonchev–Trinajstić information content (AvgIpc) is 3.31. The van der Waals surface area contributed by atoms with Crippen molar-refractivity contribution in [3.05, 3.63) is 115 Å². The topological polar surface area (TPSA) is 65.2 Å². The minimum Gasteiger partial charge on any atom is -0.359 e. The van der Waals surface area contributed by atoms with Gasteiger partial charge < -0.3 is 15.2 Å². The first-order valence-corrected chi connectivity index (χ1v) is 13.1. The summed E-state index contributed by atoms with van der Waals surface area (Å²) in [5, 5.41) is 3.85. The normalized spacial score (nSPS) is 13.8. The van der Waals surface area contributed by atoms with Crippen LogP contribution in [0.3, 0.4) is 0 Å². The molecule has 0 aliphatic carbocycles. The molecular weight excluding hydrogens is 573 g/mol. The van der Waals surface area contributed by atoms with E-state index >= 15 is 0 Å². The molecule has 0 saturated carbocycles. The van der Waals surface area contributed by atoms with Crippen molar-refractivity contribution >= 4 is 74.0 Å². The van der Waals surface area contributed by atoms with Crippen LogP contribution in [0.2, 0.25) is 10.0 Å².